The van der Waals surface area contributed by atoms with Crippen LogP contribution in [0.2, 0.25) is 0 Å². The van der Waals surface area contributed by atoms with Crippen molar-refractivity contribution in [2.24, 2.45) is 0 Å². The van der Waals surface area contributed by atoms with Crippen LogP contribution in [0.4, 0.5) is 11.4 Å². The van der Waals surface area contributed by atoms with Crippen molar-refractivity contribution in [3.8, 4) is 34.3 Å². The van der Waals surface area contributed by atoms with Crippen molar-refractivity contribution < 1.29 is 19.0 Å². The number of amides is 1. The van der Waals surface area contributed by atoms with Crippen LogP contribution < -0.4 is 10.1 Å². The summed E-state index contributed by atoms with van der Waals surface area (Å²) >= 11 is 3.42. The molecule has 0 bridgehead atoms. The number of benzene rings is 3. The van der Waals surface area contributed by atoms with Gasteiger partial charge >= 0.3 is 5.69 Å². The van der Waals surface area contributed by atoms with Crippen LogP contribution in [0.3, 0.4) is 0 Å². The first-order chi connectivity index (χ1) is 16.0. The van der Waals surface area contributed by atoms with Gasteiger partial charge in [0.05, 0.1) is 4.92 Å². The highest BCUT2D eigenvalue weighted by Gasteiger charge is 2.24. The lowest BCUT2D eigenvalue weighted by Gasteiger charge is -2.18. The number of halogens is 1. The second-order valence-corrected chi connectivity index (χ2v) is 8.26. The minimum absolute atomic E-state index is 0.0465. The number of nitro benzene ring substituents is 1. The molecule has 1 aliphatic rings. The van der Waals surface area contributed by atoms with E-state index in [1.807, 2.05) is 24.3 Å². The monoisotopic (exact) mass is 506 g/mol. The van der Waals surface area contributed by atoms with Gasteiger partial charge in [-0.15, -0.1) is 0 Å². The molecule has 4 aromatic rings. The van der Waals surface area contributed by atoms with Gasteiger partial charge < -0.3 is 14.6 Å². The van der Waals surface area contributed by atoms with E-state index in [-0.39, 0.29) is 17.3 Å². The smallest absolute Gasteiger partial charge is 0.311 e. The zero-order valence-corrected chi connectivity index (χ0v) is 18.5. The quantitative estimate of drug-likeness (QED) is 0.270. The van der Waals surface area contributed by atoms with Crippen LogP contribution in [0.15, 0.2) is 69.7 Å². The van der Waals surface area contributed by atoms with Crippen LogP contribution >= 0.6 is 15.9 Å². The van der Waals surface area contributed by atoms with Gasteiger partial charge in [-0.05, 0) is 54.4 Å². The summed E-state index contributed by atoms with van der Waals surface area (Å²) in [5, 5.41) is 18.3. The molecule has 0 unspecified atom stereocenters. The van der Waals surface area contributed by atoms with E-state index in [1.54, 1.807) is 24.3 Å². The van der Waals surface area contributed by atoms with E-state index in [0.29, 0.717) is 47.1 Å². The second kappa shape index (κ2) is 8.47. The number of hydrogen-bond donors (Lipinski definition) is 1. The Kier molecular flexibility index (Phi) is 5.35. The molecule has 9 nitrogen and oxygen atoms in total. The number of aryl methyl sites for hydroxylation is 1. The second-order valence-electron chi connectivity index (χ2n) is 7.34. The summed E-state index contributed by atoms with van der Waals surface area (Å²) < 4.78 is 12.1. The third-order valence-electron chi connectivity index (χ3n) is 5.11. The molecule has 10 heteroatoms. The van der Waals surface area contributed by atoms with Gasteiger partial charge in [0.1, 0.15) is 5.75 Å². The molecule has 0 radical (unpaired) electrons. The Morgan fingerprint density at radius 3 is 2.64 bits per heavy atom. The van der Waals surface area contributed by atoms with Crippen molar-refractivity contribution in [2.45, 2.75) is 12.8 Å². The Morgan fingerprint density at radius 1 is 1.06 bits per heavy atom. The number of anilines is 1. The number of fused-ring (bicyclic) bond motifs is 1. The Bertz CT molecular complexity index is 1380. The normalized spacial score (nSPS) is 12.7. The van der Waals surface area contributed by atoms with Crippen molar-refractivity contribution in [1.82, 2.24) is 10.1 Å². The summed E-state index contributed by atoms with van der Waals surface area (Å²) in [4.78, 5) is 27.2. The molecule has 1 aromatic heterocycles. The lowest BCUT2D eigenvalue weighted by molar-refractivity contribution is -0.385. The number of nitro groups is 1. The van der Waals surface area contributed by atoms with Crippen molar-refractivity contribution in [2.75, 3.05) is 5.32 Å². The summed E-state index contributed by atoms with van der Waals surface area (Å²) in [7, 11) is 0. The topological polar surface area (TPSA) is 120 Å². The van der Waals surface area contributed by atoms with E-state index in [4.69, 9.17) is 9.26 Å². The minimum Gasteiger partial charge on any atom is -0.450 e. The minimum atomic E-state index is -0.497. The molecule has 3 aromatic carbocycles. The lowest BCUT2D eigenvalue weighted by atomic mass is 10.0. The van der Waals surface area contributed by atoms with Crippen molar-refractivity contribution >= 4 is 33.2 Å². The molecule has 0 spiro atoms. The van der Waals surface area contributed by atoms with Crippen LogP contribution in [0.5, 0.6) is 11.5 Å². The highest BCUT2D eigenvalue weighted by atomic mass is 79.9. The van der Waals surface area contributed by atoms with E-state index in [9.17, 15) is 14.9 Å². The van der Waals surface area contributed by atoms with Crippen LogP contribution in [0.1, 0.15) is 12.0 Å². The predicted molar refractivity (Wildman–Crippen MR) is 123 cm³/mol. The SMILES string of the molecule is O=C1CCc2cc([N+](=O)[O-])c(Oc3ccc(-c4noc(-c5cccc(Br)c5)n4)cc3)cc2N1. The molecule has 33 heavy (non-hydrogen) atoms. The first kappa shape index (κ1) is 20.8. The summed E-state index contributed by atoms with van der Waals surface area (Å²) in [6.07, 6.45) is 0.745. The van der Waals surface area contributed by atoms with Crippen molar-refractivity contribution in [3.05, 3.63) is 80.8 Å². The van der Waals surface area contributed by atoms with E-state index < -0.39 is 4.92 Å². The highest BCUT2D eigenvalue weighted by molar-refractivity contribution is 9.10. The standard InChI is InChI=1S/C23H15BrN4O5/c24-16-3-1-2-15(10-16)23-26-22(27-33-23)13-4-7-17(8-5-13)32-20-12-18-14(6-9-21(29)25-18)11-19(20)28(30)31/h1-5,7-8,10-12H,6,9H2,(H,25,29). The van der Waals surface area contributed by atoms with Gasteiger partial charge in [-0.25, -0.2) is 0 Å². The molecule has 0 fully saturated rings. The van der Waals surface area contributed by atoms with E-state index in [0.717, 1.165) is 10.0 Å². The van der Waals surface area contributed by atoms with E-state index in [2.05, 4.69) is 31.4 Å². The first-order valence-electron chi connectivity index (χ1n) is 9.95. The van der Waals surface area contributed by atoms with Crippen LogP contribution in [0, 0.1) is 10.1 Å². The van der Waals surface area contributed by atoms with Crippen LogP contribution in [0.25, 0.3) is 22.8 Å². The fourth-order valence-corrected chi connectivity index (χ4v) is 3.90. The number of carbonyl (C=O) groups is 1. The van der Waals surface area contributed by atoms with Gasteiger partial charge in [-0.3, -0.25) is 14.9 Å². The van der Waals surface area contributed by atoms with Gasteiger partial charge in [0.15, 0.2) is 0 Å². The predicted octanol–water partition coefficient (Wildman–Crippen LogP) is 5.75. The Balaban J connectivity index is 1.39. The molecule has 0 saturated heterocycles. The van der Waals surface area contributed by atoms with Crippen LogP contribution in [-0.4, -0.2) is 21.0 Å². The summed E-state index contributed by atoms with van der Waals surface area (Å²) in [6, 6.07) is 17.2. The molecule has 0 saturated carbocycles. The summed E-state index contributed by atoms with van der Waals surface area (Å²) in [5.74, 6) is 1.09. The zero-order chi connectivity index (χ0) is 22.9. The van der Waals surface area contributed by atoms with Crippen molar-refractivity contribution in [1.29, 1.82) is 0 Å². The molecule has 0 aliphatic carbocycles. The molecule has 164 valence electrons. The largest absolute Gasteiger partial charge is 0.450 e. The number of rotatable bonds is 5. The third kappa shape index (κ3) is 4.33. The number of ether oxygens (including phenoxy) is 1. The van der Waals surface area contributed by atoms with Gasteiger partial charge in [-0.1, -0.05) is 27.2 Å². The maximum atomic E-state index is 11.7. The van der Waals surface area contributed by atoms with Gasteiger partial charge in [0, 0.05) is 39.8 Å². The van der Waals surface area contributed by atoms with Gasteiger partial charge in [0.2, 0.25) is 17.5 Å². The third-order valence-corrected chi connectivity index (χ3v) is 5.61. The maximum Gasteiger partial charge on any atom is 0.311 e. The fraction of sp³-hybridized carbons (Fsp3) is 0.0870. The first-order valence-corrected chi connectivity index (χ1v) is 10.7. The van der Waals surface area contributed by atoms with Crippen molar-refractivity contribution in [3.63, 3.8) is 0 Å². The van der Waals surface area contributed by atoms with E-state index >= 15 is 0 Å². The van der Waals surface area contributed by atoms with Gasteiger partial charge in [0.25, 0.3) is 5.89 Å². The number of carbonyl (C=O) groups excluding carboxylic acids is 1. The molecule has 2 heterocycles. The van der Waals surface area contributed by atoms with Gasteiger partial charge in [-0.2, -0.15) is 4.98 Å². The number of hydrogen-bond acceptors (Lipinski definition) is 7. The fourth-order valence-electron chi connectivity index (χ4n) is 3.50. The average molecular weight is 507 g/mol. The lowest BCUT2D eigenvalue weighted by Crippen LogP contribution is -2.19. The highest BCUT2D eigenvalue weighted by Crippen LogP contribution is 2.38. The van der Waals surface area contributed by atoms with Crippen LogP contribution in [-0.2, 0) is 11.2 Å². The maximum absolute atomic E-state index is 11.7. The molecule has 5 rings (SSSR count). The molecule has 1 N–H and O–H groups in total. The zero-order valence-electron chi connectivity index (χ0n) is 16.9. The Labute approximate surface area is 195 Å². The molecular weight excluding hydrogens is 492 g/mol. The van der Waals surface area contributed by atoms with E-state index in [1.165, 1.54) is 12.1 Å². The summed E-state index contributed by atoms with van der Waals surface area (Å²) in [5.41, 5.74) is 2.55. The molecule has 1 amide bonds. The average Bonchev–Trinajstić information content (AvgIpc) is 3.29. The number of nitrogens with one attached hydrogen (secondary N) is 1. The number of nitrogens with zero attached hydrogens (tertiary/aromatic N) is 3. The molecular formula is C23H15BrN4O5. The Morgan fingerprint density at radius 2 is 1.88 bits per heavy atom. The summed E-state index contributed by atoms with van der Waals surface area (Å²) in [6.45, 7) is 0. The number of aromatic nitrogens is 2. The Hall–Kier alpha value is -4.05. The molecule has 0 atom stereocenters. The molecule has 1 aliphatic heterocycles.